The van der Waals surface area contributed by atoms with Gasteiger partial charge in [0.1, 0.15) is 0 Å². The zero-order valence-electron chi connectivity index (χ0n) is 8.08. The number of carbonyl (C=O) groups is 1. The van der Waals surface area contributed by atoms with Crippen LogP contribution in [0.25, 0.3) is 0 Å². The fourth-order valence-electron chi connectivity index (χ4n) is 1.84. The van der Waals surface area contributed by atoms with Gasteiger partial charge in [-0.2, -0.15) is 11.8 Å². The van der Waals surface area contributed by atoms with Gasteiger partial charge in [0.2, 0.25) is 5.91 Å². The maximum atomic E-state index is 11.6. The van der Waals surface area contributed by atoms with Crippen LogP contribution < -0.4 is 5.32 Å². The molecule has 1 amide bonds. The monoisotopic (exact) mass is 199 g/mol. The van der Waals surface area contributed by atoms with Gasteiger partial charge in [0, 0.05) is 12.0 Å². The van der Waals surface area contributed by atoms with E-state index in [9.17, 15) is 4.79 Å². The molecule has 74 valence electrons. The number of carbonyl (C=O) groups excluding carboxylic acids is 1. The Morgan fingerprint density at radius 1 is 1.38 bits per heavy atom. The highest BCUT2D eigenvalue weighted by Crippen LogP contribution is 2.37. The van der Waals surface area contributed by atoms with Crippen LogP contribution in [0.3, 0.4) is 0 Å². The van der Waals surface area contributed by atoms with Gasteiger partial charge in [0.15, 0.2) is 0 Å². The van der Waals surface area contributed by atoms with Crippen molar-refractivity contribution in [2.24, 2.45) is 11.8 Å². The second-order valence-electron chi connectivity index (χ2n) is 4.21. The molecule has 1 saturated heterocycles. The summed E-state index contributed by atoms with van der Waals surface area (Å²) in [6, 6.07) is 0.474. The maximum Gasteiger partial charge on any atom is 0.223 e. The first-order chi connectivity index (χ1) is 6.27. The minimum atomic E-state index is 0.310. The van der Waals surface area contributed by atoms with Gasteiger partial charge >= 0.3 is 0 Å². The van der Waals surface area contributed by atoms with Crippen LogP contribution in [0.5, 0.6) is 0 Å². The molecule has 1 aliphatic carbocycles. The van der Waals surface area contributed by atoms with E-state index in [1.807, 2.05) is 11.8 Å². The molecule has 0 bridgehead atoms. The molecule has 3 heteroatoms. The first-order valence-corrected chi connectivity index (χ1v) is 6.31. The molecular formula is C10H17NOS. The lowest BCUT2D eigenvalue weighted by Gasteiger charge is -2.22. The summed E-state index contributed by atoms with van der Waals surface area (Å²) in [5.41, 5.74) is 0. The standard InChI is InChI=1S/C10H17NOS/c1-7-6-9(7)10(12)11-8-2-4-13-5-3-8/h7-9H,2-6H2,1H3,(H,11,12)/t7-,9-/m1/s1. The van der Waals surface area contributed by atoms with Crippen molar-refractivity contribution in [1.29, 1.82) is 0 Å². The van der Waals surface area contributed by atoms with Crippen LogP contribution in [-0.2, 0) is 4.79 Å². The lowest BCUT2D eigenvalue weighted by atomic mass is 10.1. The molecule has 0 aromatic rings. The topological polar surface area (TPSA) is 29.1 Å². The second-order valence-corrected chi connectivity index (χ2v) is 5.44. The molecule has 0 spiro atoms. The summed E-state index contributed by atoms with van der Waals surface area (Å²) in [6.45, 7) is 2.15. The third kappa shape index (κ3) is 2.39. The molecule has 13 heavy (non-hydrogen) atoms. The van der Waals surface area contributed by atoms with Crippen molar-refractivity contribution < 1.29 is 4.79 Å². The van der Waals surface area contributed by atoms with Crippen molar-refractivity contribution in [2.45, 2.75) is 32.2 Å². The zero-order valence-corrected chi connectivity index (χ0v) is 8.90. The van der Waals surface area contributed by atoms with E-state index in [2.05, 4.69) is 12.2 Å². The first-order valence-electron chi connectivity index (χ1n) is 5.15. The molecular weight excluding hydrogens is 182 g/mol. The van der Waals surface area contributed by atoms with E-state index in [1.54, 1.807) is 0 Å². The van der Waals surface area contributed by atoms with Gasteiger partial charge in [-0.3, -0.25) is 4.79 Å². The summed E-state index contributed by atoms with van der Waals surface area (Å²) in [5.74, 6) is 3.72. The lowest BCUT2D eigenvalue weighted by molar-refractivity contribution is -0.123. The van der Waals surface area contributed by atoms with E-state index in [0.717, 1.165) is 19.3 Å². The van der Waals surface area contributed by atoms with Crippen LogP contribution in [0.15, 0.2) is 0 Å². The van der Waals surface area contributed by atoms with Crippen LogP contribution in [0.2, 0.25) is 0 Å². The number of hydrogen-bond acceptors (Lipinski definition) is 2. The van der Waals surface area contributed by atoms with Crippen LogP contribution in [0.4, 0.5) is 0 Å². The fourth-order valence-corrected chi connectivity index (χ4v) is 2.94. The highest BCUT2D eigenvalue weighted by atomic mass is 32.2. The molecule has 2 rings (SSSR count). The van der Waals surface area contributed by atoms with E-state index in [1.165, 1.54) is 11.5 Å². The Hall–Kier alpha value is -0.180. The molecule has 0 aromatic heterocycles. The highest BCUT2D eigenvalue weighted by molar-refractivity contribution is 7.99. The first kappa shape index (κ1) is 9.38. The molecule has 2 atom stereocenters. The van der Waals surface area contributed by atoms with Crippen molar-refractivity contribution in [2.75, 3.05) is 11.5 Å². The van der Waals surface area contributed by atoms with Crippen LogP contribution in [0, 0.1) is 11.8 Å². The summed E-state index contributed by atoms with van der Waals surface area (Å²) in [5, 5.41) is 3.16. The summed E-state index contributed by atoms with van der Waals surface area (Å²) in [6.07, 6.45) is 3.43. The minimum absolute atomic E-state index is 0.310. The second kappa shape index (κ2) is 3.91. The van der Waals surface area contributed by atoms with Gasteiger partial charge in [-0.05, 0) is 36.7 Å². The average molecular weight is 199 g/mol. The van der Waals surface area contributed by atoms with Gasteiger partial charge in [-0.25, -0.2) is 0 Å². The minimum Gasteiger partial charge on any atom is -0.353 e. The number of rotatable bonds is 2. The Labute approximate surface area is 83.8 Å². The molecule has 1 saturated carbocycles. The Bertz CT molecular complexity index is 201. The molecule has 0 unspecified atom stereocenters. The average Bonchev–Trinajstić information content (AvgIpc) is 2.84. The van der Waals surface area contributed by atoms with Gasteiger partial charge in [0.25, 0.3) is 0 Å². The molecule has 1 heterocycles. The third-order valence-electron chi connectivity index (χ3n) is 3.01. The predicted octanol–water partition coefficient (Wildman–Crippen LogP) is 1.65. The van der Waals surface area contributed by atoms with E-state index in [-0.39, 0.29) is 0 Å². The van der Waals surface area contributed by atoms with Gasteiger partial charge < -0.3 is 5.32 Å². The number of nitrogens with one attached hydrogen (secondary N) is 1. The Balaban J connectivity index is 1.73. The summed E-state index contributed by atoms with van der Waals surface area (Å²) >= 11 is 2.00. The smallest absolute Gasteiger partial charge is 0.223 e. The largest absolute Gasteiger partial charge is 0.353 e. The number of amides is 1. The number of thioether (sulfide) groups is 1. The fraction of sp³-hybridized carbons (Fsp3) is 0.900. The van der Waals surface area contributed by atoms with E-state index in [0.29, 0.717) is 23.8 Å². The summed E-state index contributed by atoms with van der Waals surface area (Å²) in [7, 11) is 0. The molecule has 2 aliphatic rings. The SMILES string of the molecule is C[C@@H]1C[C@H]1C(=O)NC1CCSCC1. The van der Waals surface area contributed by atoms with Crippen LogP contribution >= 0.6 is 11.8 Å². The van der Waals surface area contributed by atoms with Crippen LogP contribution in [0.1, 0.15) is 26.2 Å². The van der Waals surface area contributed by atoms with Crippen molar-refractivity contribution in [3.05, 3.63) is 0 Å². The maximum absolute atomic E-state index is 11.6. The van der Waals surface area contributed by atoms with Gasteiger partial charge in [0.05, 0.1) is 0 Å². The van der Waals surface area contributed by atoms with Crippen molar-refractivity contribution >= 4 is 17.7 Å². The molecule has 1 aliphatic heterocycles. The molecule has 0 radical (unpaired) electrons. The van der Waals surface area contributed by atoms with E-state index in [4.69, 9.17) is 0 Å². The molecule has 2 fully saturated rings. The Kier molecular flexibility index (Phi) is 2.82. The predicted molar refractivity (Wildman–Crippen MR) is 55.8 cm³/mol. The van der Waals surface area contributed by atoms with Crippen LogP contribution in [-0.4, -0.2) is 23.5 Å². The summed E-state index contributed by atoms with van der Waals surface area (Å²) in [4.78, 5) is 11.6. The quantitative estimate of drug-likeness (QED) is 0.732. The molecule has 1 N–H and O–H groups in total. The highest BCUT2D eigenvalue weighted by Gasteiger charge is 2.39. The normalized spacial score (nSPS) is 34.2. The molecule has 0 aromatic carbocycles. The van der Waals surface area contributed by atoms with Gasteiger partial charge in [-0.1, -0.05) is 6.92 Å². The number of hydrogen-bond donors (Lipinski definition) is 1. The third-order valence-corrected chi connectivity index (χ3v) is 4.06. The zero-order chi connectivity index (χ0) is 9.26. The lowest BCUT2D eigenvalue weighted by Crippen LogP contribution is -2.38. The van der Waals surface area contributed by atoms with Crippen molar-refractivity contribution in [3.8, 4) is 0 Å². The van der Waals surface area contributed by atoms with Crippen molar-refractivity contribution in [3.63, 3.8) is 0 Å². The van der Waals surface area contributed by atoms with Crippen molar-refractivity contribution in [1.82, 2.24) is 5.32 Å². The Morgan fingerprint density at radius 2 is 2.00 bits per heavy atom. The van der Waals surface area contributed by atoms with Gasteiger partial charge in [-0.15, -0.1) is 0 Å². The molecule has 2 nitrogen and oxygen atoms in total. The summed E-state index contributed by atoms with van der Waals surface area (Å²) < 4.78 is 0. The van der Waals surface area contributed by atoms with E-state index < -0.39 is 0 Å². The van der Waals surface area contributed by atoms with E-state index >= 15 is 0 Å². The Morgan fingerprint density at radius 3 is 2.54 bits per heavy atom.